The fourth-order valence-electron chi connectivity index (χ4n) is 2.66. The van der Waals surface area contributed by atoms with E-state index in [9.17, 15) is 9.59 Å². The van der Waals surface area contributed by atoms with Gasteiger partial charge in [-0.05, 0) is 42.0 Å². The van der Waals surface area contributed by atoms with Crippen molar-refractivity contribution in [2.75, 3.05) is 13.1 Å². The number of halogens is 1. The highest BCUT2D eigenvalue weighted by molar-refractivity contribution is 6.30. The standard InChI is InChI=1S/C15H19ClN2O2/c1-11(20)17-9-13-8-14(16)2-3-15(13)12-4-6-18(10-19)7-5-12/h2-3,8,10,12H,4-7,9H2,1H3,(H,17,20). The maximum atomic E-state index is 11.1. The van der Waals surface area contributed by atoms with Gasteiger partial charge in [-0.15, -0.1) is 0 Å². The number of amides is 2. The van der Waals surface area contributed by atoms with E-state index in [1.807, 2.05) is 18.2 Å². The molecule has 1 saturated heterocycles. The number of hydrogen-bond acceptors (Lipinski definition) is 2. The number of carbonyl (C=O) groups is 2. The zero-order chi connectivity index (χ0) is 14.5. The molecule has 1 aromatic rings. The Morgan fingerprint density at radius 1 is 1.45 bits per heavy atom. The Kier molecular flexibility index (Phi) is 5.01. The molecule has 1 aliphatic rings. The van der Waals surface area contributed by atoms with Crippen molar-refractivity contribution in [3.8, 4) is 0 Å². The van der Waals surface area contributed by atoms with Gasteiger partial charge in [0.25, 0.3) is 0 Å². The van der Waals surface area contributed by atoms with Crippen molar-refractivity contribution in [1.29, 1.82) is 0 Å². The van der Waals surface area contributed by atoms with Gasteiger partial charge in [-0.1, -0.05) is 17.7 Å². The van der Waals surface area contributed by atoms with Crippen LogP contribution in [0.15, 0.2) is 18.2 Å². The number of piperidine rings is 1. The van der Waals surface area contributed by atoms with Crippen LogP contribution in [-0.4, -0.2) is 30.3 Å². The second-order valence-electron chi connectivity index (χ2n) is 5.17. The minimum absolute atomic E-state index is 0.0494. The van der Waals surface area contributed by atoms with E-state index in [0.29, 0.717) is 17.5 Å². The Hall–Kier alpha value is -1.55. The zero-order valence-electron chi connectivity index (χ0n) is 11.6. The van der Waals surface area contributed by atoms with E-state index >= 15 is 0 Å². The van der Waals surface area contributed by atoms with Gasteiger partial charge in [0, 0.05) is 31.6 Å². The lowest BCUT2D eigenvalue weighted by Gasteiger charge is -2.30. The van der Waals surface area contributed by atoms with E-state index in [4.69, 9.17) is 11.6 Å². The number of hydrogen-bond donors (Lipinski definition) is 1. The summed E-state index contributed by atoms with van der Waals surface area (Å²) >= 11 is 6.05. The van der Waals surface area contributed by atoms with E-state index in [2.05, 4.69) is 5.32 Å². The average Bonchev–Trinajstić information content (AvgIpc) is 2.45. The molecule has 0 aliphatic carbocycles. The predicted octanol–water partition coefficient (Wildman–Crippen LogP) is 2.31. The maximum absolute atomic E-state index is 11.1. The summed E-state index contributed by atoms with van der Waals surface area (Å²) < 4.78 is 0. The van der Waals surface area contributed by atoms with Crippen LogP contribution in [0, 0.1) is 0 Å². The number of nitrogens with zero attached hydrogens (tertiary/aromatic N) is 1. The molecule has 0 atom stereocenters. The summed E-state index contributed by atoms with van der Waals surface area (Å²) in [5.74, 6) is 0.374. The van der Waals surface area contributed by atoms with E-state index in [1.165, 1.54) is 12.5 Å². The predicted molar refractivity (Wildman–Crippen MR) is 78.6 cm³/mol. The van der Waals surface area contributed by atoms with Gasteiger partial charge in [0.2, 0.25) is 12.3 Å². The van der Waals surface area contributed by atoms with Gasteiger partial charge in [-0.2, -0.15) is 0 Å². The van der Waals surface area contributed by atoms with Crippen molar-refractivity contribution < 1.29 is 9.59 Å². The van der Waals surface area contributed by atoms with Crippen molar-refractivity contribution in [1.82, 2.24) is 10.2 Å². The largest absolute Gasteiger partial charge is 0.352 e. The van der Waals surface area contributed by atoms with Crippen molar-refractivity contribution >= 4 is 23.9 Å². The summed E-state index contributed by atoms with van der Waals surface area (Å²) in [5.41, 5.74) is 2.30. The number of nitrogens with one attached hydrogen (secondary N) is 1. The molecule has 2 rings (SSSR count). The molecule has 0 aromatic heterocycles. The lowest BCUT2D eigenvalue weighted by Crippen LogP contribution is -2.32. The fraction of sp³-hybridized carbons (Fsp3) is 0.467. The maximum Gasteiger partial charge on any atom is 0.217 e. The van der Waals surface area contributed by atoms with Gasteiger partial charge < -0.3 is 10.2 Å². The monoisotopic (exact) mass is 294 g/mol. The molecule has 0 radical (unpaired) electrons. The van der Waals surface area contributed by atoms with E-state index < -0.39 is 0 Å². The Bertz CT molecular complexity index is 497. The Balaban J connectivity index is 2.14. The molecule has 0 saturated carbocycles. The first kappa shape index (κ1) is 14.9. The number of likely N-dealkylation sites (tertiary alicyclic amines) is 1. The van der Waals surface area contributed by atoms with Crippen molar-refractivity contribution in [2.24, 2.45) is 0 Å². The SMILES string of the molecule is CC(=O)NCc1cc(Cl)ccc1C1CCN(C=O)CC1. The molecule has 1 N–H and O–H groups in total. The molecule has 20 heavy (non-hydrogen) atoms. The van der Waals surface area contributed by atoms with Crippen LogP contribution in [0.3, 0.4) is 0 Å². The first-order valence-corrected chi connectivity index (χ1v) is 7.20. The smallest absolute Gasteiger partial charge is 0.217 e. The topological polar surface area (TPSA) is 49.4 Å². The normalized spacial score (nSPS) is 16.0. The molecule has 2 amide bonds. The fourth-order valence-corrected chi connectivity index (χ4v) is 2.86. The van der Waals surface area contributed by atoms with Gasteiger partial charge in [0.1, 0.15) is 0 Å². The molecular weight excluding hydrogens is 276 g/mol. The zero-order valence-corrected chi connectivity index (χ0v) is 12.3. The minimum Gasteiger partial charge on any atom is -0.352 e. The van der Waals surface area contributed by atoms with Crippen LogP contribution < -0.4 is 5.32 Å². The molecular formula is C15H19ClN2O2. The summed E-state index contributed by atoms with van der Waals surface area (Å²) in [6.45, 7) is 3.58. The second kappa shape index (κ2) is 6.75. The molecule has 1 aromatic carbocycles. The first-order valence-electron chi connectivity index (χ1n) is 6.82. The summed E-state index contributed by atoms with van der Waals surface area (Å²) in [5, 5.41) is 3.50. The highest BCUT2D eigenvalue weighted by atomic mass is 35.5. The average molecular weight is 295 g/mol. The molecule has 1 aliphatic heterocycles. The molecule has 5 heteroatoms. The molecule has 0 unspecified atom stereocenters. The lowest BCUT2D eigenvalue weighted by atomic mass is 9.86. The van der Waals surface area contributed by atoms with E-state index in [-0.39, 0.29) is 5.91 Å². The highest BCUT2D eigenvalue weighted by Gasteiger charge is 2.21. The number of benzene rings is 1. The van der Waals surface area contributed by atoms with Crippen LogP contribution >= 0.6 is 11.6 Å². The van der Waals surface area contributed by atoms with Gasteiger partial charge in [-0.3, -0.25) is 9.59 Å². The van der Waals surface area contributed by atoms with Crippen LogP contribution in [0.5, 0.6) is 0 Å². The van der Waals surface area contributed by atoms with E-state index in [0.717, 1.165) is 37.9 Å². The third-order valence-electron chi connectivity index (χ3n) is 3.75. The quantitative estimate of drug-likeness (QED) is 0.866. The van der Waals surface area contributed by atoms with Crippen LogP contribution in [0.2, 0.25) is 5.02 Å². The molecule has 0 bridgehead atoms. The van der Waals surface area contributed by atoms with Gasteiger partial charge >= 0.3 is 0 Å². The van der Waals surface area contributed by atoms with Crippen LogP contribution in [0.25, 0.3) is 0 Å². The second-order valence-corrected chi connectivity index (χ2v) is 5.60. The first-order chi connectivity index (χ1) is 9.60. The van der Waals surface area contributed by atoms with Crippen molar-refractivity contribution in [3.05, 3.63) is 34.3 Å². The lowest BCUT2D eigenvalue weighted by molar-refractivity contribution is -0.120. The molecule has 1 fully saturated rings. The van der Waals surface area contributed by atoms with Gasteiger partial charge in [0.15, 0.2) is 0 Å². The summed E-state index contributed by atoms with van der Waals surface area (Å²) in [6, 6.07) is 5.85. The van der Waals surface area contributed by atoms with Gasteiger partial charge in [0.05, 0.1) is 0 Å². The molecule has 1 heterocycles. The summed E-state index contributed by atoms with van der Waals surface area (Å²) in [7, 11) is 0. The Labute approximate surface area is 124 Å². The third-order valence-corrected chi connectivity index (χ3v) is 3.99. The molecule has 0 spiro atoms. The molecule has 108 valence electrons. The number of rotatable bonds is 4. The highest BCUT2D eigenvalue weighted by Crippen LogP contribution is 2.31. The van der Waals surface area contributed by atoms with Crippen molar-refractivity contribution in [3.63, 3.8) is 0 Å². The third kappa shape index (κ3) is 3.73. The molecule has 4 nitrogen and oxygen atoms in total. The number of carbonyl (C=O) groups excluding carboxylic acids is 2. The van der Waals surface area contributed by atoms with Crippen LogP contribution in [-0.2, 0) is 16.1 Å². The van der Waals surface area contributed by atoms with E-state index in [1.54, 1.807) is 4.90 Å². The van der Waals surface area contributed by atoms with Crippen molar-refractivity contribution in [2.45, 2.75) is 32.2 Å². The summed E-state index contributed by atoms with van der Waals surface area (Å²) in [6.07, 6.45) is 2.82. The van der Waals surface area contributed by atoms with Crippen LogP contribution in [0.1, 0.15) is 36.8 Å². The van der Waals surface area contributed by atoms with Crippen LogP contribution in [0.4, 0.5) is 0 Å². The van der Waals surface area contributed by atoms with Gasteiger partial charge in [-0.25, -0.2) is 0 Å². The Morgan fingerprint density at radius 2 is 2.15 bits per heavy atom. The minimum atomic E-state index is -0.0494. The summed E-state index contributed by atoms with van der Waals surface area (Å²) in [4.78, 5) is 23.6. The Morgan fingerprint density at radius 3 is 2.75 bits per heavy atom.